The van der Waals surface area contributed by atoms with Crippen molar-refractivity contribution in [1.82, 2.24) is 0 Å². The van der Waals surface area contributed by atoms with Gasteiger partial charge in [0.15, 0.2) is 0 Å². The fraction of sp³-hybridized carbons (Fsp3) is 0.333. The molecule has 1 N–H and O–H groups in total. The fourth-order valence-electron chi connectivity index (χ4n) is 2.99. The van der Waals surface area contributed by atoms with E-state index < -0.39 is 0 Å². The Bertz CT molecular complexity index is 654. The lowest BCUT2D eigenvalue weighted by atomic mass is 9.87. The van der Waals surface area contributed by atoms with E-state index in [9.17, 15) is 0 Å². The second-order valence-corrected chi connectivity index (χ2v) is 6.47. The van der Waals surface area contributed by atoms with Crippen LogP contribution in [-0.2, 0) is 6.42 Å². The summed E-state index contributed by atoms with van der Waals surface area (Å²) in [6.45, 7) is 2.12. The first kappa shape index (κ1) is 14.5. The molecule has 1 atom stereocenters. The van der Waals surface area contributed by atoms with Gasteiger partial charge >= 0.3 is 0 Å². The molecule has 110 valence electrons. The predicted molar refractivity (Wildman–Crippen MR) is 91.2 cm³/mol. The van der Waals surface area contributed by atoms with E-state index in [0.717, 1.165) is 23.1 Å². The molecule has 0 saturated carbocycles. The number of ether oxygens (including phenoxy) is 1. The van der Waals surface area contributed by atoms with E-state index in [4.69, 9.17) is 4.74 Å². The number of aryl methyl sites for hydroxylation is 2. The zero-order valence-corrected chi connectivity index (χ0v) is 14.0. The van der Waals surface area contributed by atoms with Gasteiger partial charge in [-0.3, -0.25) is 0 Å². The van der Waals surface area contributed by atoms with Crippen LogP contribution in [0.5, 0.6) is 5.75 Å². The zero-order chi connectivity index (χ0) is 14.8. The van der Waals surface area contributed by atoms with Gasteiger partial charge in [0.25, 0.3) is 0 Å². The Balaban J connectivity index is 1.88. The second kappa shape index (κ2) is 6.10. The number of benzene rings is 2. The molecule has 0 spiro atoms. The molecule has 0 heterocycles. The number of anilines is 1. The van der Waals surface area contributed by atoms with Crippen LogP contribution in [0, 0.1) is 6.92 Å². The largest absolute Gasteiger partial charge is 0.497 e. The van der Waals surface area contributed by atoms with Crippen molar-refractivity contribution >= 4 is 21.6 Å². The molecule has 3 heteroatoms. The highest BCUT2D eigenvalue weighted by atomic mass is 79.9. The van der Waals surface area contributed by atoms with Gasteiger partial charge in [-0.25, -0.2) is 0 Å². The monoisotopic (exact) mass is 345 g/mol. The quantitative estimate of drug-likeness (QED) is 0.819. The Labute approximate surface area is 134 Å². The average Bonchev–Trinajstić information content (AvgIpc) is 2.51. The number of hydrogen-bond donors (Lipinski definition) is 1. The molecule has 0 amide bonds. The smallest absolute Gasteiger partial charge is 0.119 e. The molecule has 2 nitrogen and oxygen atoms in total. The molecule has 2 aromatic rings. The second-order valence-electron chi connectivity index (χ2n) is 5.62. The van der Waals surface area contributed by atoms with E-state index in [2.05, 4.69) is 64.6 Å². The average molecular weight is 346 g/mol. The third-order valence-electron chi connectivity index (χ3n) is 4.17. The predicted octanol–water partition coefficient (Wildman–Crippen LogP) is 5.26. The molecule has 0 aromatic heterocycles. The standard InChI is InChI=1S/C18H20BrNO/c1-12-10-14(7-9-17(12)19)20-18-5-3-4-13-6-8-15(21-2)11-16(13)18/h6-11,18,20H,3-5H2,1-2H3. The lowest BCUT2D eigenvalue weighted by Crippen LogP contribution is -2.17. The summed E-state index contributed by atoms with van der Waals surface area (Å²) in [5.74, 6) is 0.939. The van der Waals surface area contributed by atoms with Gasteiger partial charge in [0, 0.05) is 10.2 Å². The molecule has 3 rings (SSSR count). The third kappa shape index (κ3) is 3.08. The molecular formula is C18H20BrNO. The van der Waals surface area contributed by atoms with E-state index in [0.29, 0.717) is 6.04 Å². The zero-order valence-electron chi connectivity index (χ0n) is 12.4. The van der Waals surface area contributed by atoms with Crippen molar-refractivity contribution in [3.8, 4) is 5.75 Å². The molecular weight excluding hydrogens is 326 g/mol. The Kier molecular flexibility index (Phi) is 4.20. The number of hydrogen-bond acceptors (Lipinski definition) is 2. The molecule has 1 unspecified atom stereocenters. The Morgan fingerprint density at radius 3 is 2.81 bits per heavy atom. The van der Waals surface area contributed by atoms with Gasteiger partial charge in [-0.15, -0.1) is 0 Å². The molecule has 0 radical (unpaired) electrons. The first-order valence-electron chi connectivity index (χ1n) is 7.37. The van der Waals surface area contributed by atoms with Gasteiger partial charge < -0.3 is 10.1 Å². The van der Waals surface area contributed by atoms with Crippen molar-refractivity contribution in [2.24, 2.45) is 0 Å². The van der Waals surface area contributed by atoms with Gasteiger partial charge in [-0.2, -0.15) is 0 Å². The van der Waals surface area contributed by atoms with Crippen molar-refractivity contribution in [3.05, 3.63) is 57.6 Å². The maximum absolute atomic E-state index is 5.38. The minimum atomic E-state index is 0.365. The molecule has 0 bridgehead atoms. The van der Waals surface area contributed by atoms with Gasteiger partial charge in [0.2, 0.25) is 0 Å². The lowest BCUT2D eigenvalue weighted by Gasteiger charge is -2.28. The number of nitrogens with one attached hydrogen (secondary N) is 1. The van der Waals surface area contributed by atoms with Crippen molar-refractivity contribution in [2.75, 3.05) is 12.4 Å². The van der Waals surface area contributed by atoms with Crippen molar-refractivity contribution < 1.29 is 4.74 Å². The van der Waals surface area contributed by atoms with E-state index in [1.54, 1.807) is 7.11 Å². The van der Waals surface area contributed by atoms with Crippen LogP contribution in [0.2, 0.25) is 0 Å². The number of rotatable bonds is 3. The fourth-order valence-corrected chi connectivity index (χ4v) is 3.24. The highest BCUT2D eigenvalue weighted by Crippen LogP contribution is 2.35. The SMILES string of the molecule is COc1ccc2c(c1)C(Nc1ccc(Br)c(C)c1)CCC2. The van der Waals surface area contributed by atoms with Crippen LogP contribution in [0.3, 0.4) is 0 Å². The summed E-state index contributed by atoms with van der Waals surface area (Å²) in [4.78, 5) is 0. The van der Waals surface area contributed by atoms with Crippen molar-refractivity contribution in [1.29, 1.82) is 0 Å². The highest BCUT2D eigenvalue weighted by Gasteiger charge is 2.20. The van der Waals surface area contributed by atoms with Gasteiger partial charge in [-0.1, -0.05) is 22.0 Å². The van der Waals surface area contributed by atoms with Gasteiger partial charge in [-0.05, 0) is 73.2 Å². The minimum Gasteiger partial charge on any atom is -0.497 e. The van der Waals surface area contributed by atoms with Crippen LogP contribution in [0.4, 0.5) is 5.69 Å². The van der Waals surface area contributed by atoms with E-state index in [1.807, 2.05) is 0 Å². The Hall–Kier alpha value is -1.48. The van der Waals surface area contributed by atoms with Crippen LogP contribution < -0.4 is 10.1 Å². The van der Waals surface area contributed by atoms with E-state index in [1.165, 1.54) is 28.8 Å². The molecule has 0 aliphatic heterocycles. The third-order valence-corrected chi connectivity index (χ3v) is 5.06. The molecule has 1 aliphatic carbocycles. The highest BCUT2D eigenvalue weighted by molar-refractivity contribution is 9.10. The Morgan fingerprint density at radius 2 is 2.05 bits per heavy atom. The molecule has 21 heavy (non-hydrogen) atoms. The van der Waals surface area contributed by atoms with Gasteiger partial charge in [0.1, 0.15) is 5.75 Å². The van der Waals surface area contributed by atoms with E-state index >= 15 is 0 Å². The summed E-state index contributed by atoms with van der Waals surface area (Å²) in [6, 6.07) is 13.2. The van der Waals surface area contributed by atoms with Crippen LogP contribution >= 0.6 is 15.9 Å². The summed E-state index contributed by atoms with van der Waals surface area (Å²) in [5.41, 5.74) is 5.24. The molecule has 2 aromatic carbocycles. The summed E-state index contributed by atoms with van der Waals surface area (Å²) in [5, 5.41) is 3.68. The number of fused-ring (bicyclic) bond motifs is 1. The molecule has 0 fully saturated rings. The summed E-state index contributed by atoms with van der Waals surface area (Å²) in [7, 11) is 1.73. The Morgan fingerprint density at radius 1 is 1.19 bits per heavy atom. The summed E-state index contributed by atoms with van der Waals surface area (Å²) in [6.07, 6.45) is 3.55. The first-order chi connectivity index (χ1) is 10.2. The maximum atomic E-state index is 5.38. The van der Waals surface area contributed by atoms with Crippen molar-refractivity contribution in [3.63, 3.8) is 0 Å². The topological polar surface area (TPSA) is 21.3 Å². The molecule has 1 aliphatic rings. The maximum Gasteiger partial charge on any atom is 0.119 e. The van der Waals surface area contributed by atoms with Crippen LogP contribution in [0.15, 0.2) is 40.9 Å². The lowest BCUT2D eigenvalue weighted by molar-refractivity contribution is 0.413. The van der Waals surface area contributed by atoms with E-state index in [-0.39, 0.29) is 0 Å². The first-order valence-corrected chi connectivity index (χ1v) is 8.16. The summed E-state index contributed by atoms with van der Waals surface area (Å²) < 4.78 is 6.53. The molecule has 0 saturated heterocycles. The minimum absolute atomic E-state index is 0.365. The number of methoxy groups -OCH3 is 1. The van der Waals surface area contributed by atoms with Crippen molar-refractivity contribution in [2.45, 2.75) is 32.2 Å². The van der Waals surface area contributed by atoms with Crippen LogP contribution in [0.1, 0.15) is 35.6 Å². The normalized spacial score (nSPS) is 17.2. The van der Waals surface area contributed by atoms with Crippen LogP contribution in [0.25, 0.3) is 0 Å². The van der Waals surface area contributed by atoms with Gasteiger partial charge in [0.05, 0.1) is 13.2 Å². The van der Waals surface area contributed by atoms with Crippen LogP contribution in [-0.4, -0.2) is 7.11 Å². The number of halogens is 1. The summed E-state index contributed by atoms with van der Waals surface area (Å²) >= 11 is 3.55.